The third-order valence-electron chi connectivity index (χ3n) is 11.5. The molecule has 4 saturated carbocycles. The van der Waals surface area contributed by atoms with Crippen molar-refractivity contribution in [3.8, 4) is 0 Å². The van der Waals surface area contributed by atoms with Gasteiger partial charge in [0.1, 0.15) is 0 Å². The number of nitrogens with one attached hydrogen (secondary N) is 1. The maximum Gasteiger partial charge on any atom is 0.264 e. The van der Waals surface area contributed by atoms with Crippen molar-refractivity contribution in [3.63, 3.8) is 0 Å². The van der Waals surface area contributed by atoms with Crippen LogP contribution in [-0.2, 0) is 14.9 Å². The highest BCUT2D eigenvalue weighted by Gasteiger charge is 2.64. The Morgan fingerprint density at radius 1 is 1.05 bits per heavy atom. The monoisotopic (exact) mass is 543 g/mol. The molecule has 0 spiro atoms. The molecule has 214 valence electrons. The minimum absolute atomic E-state index is 0.0530. The van der Waals surface area contributed by atoms with E-state index in [0.29, 0.717) is 25.2 Å². The molecule has 5 N–H and O–H groups in total. The Hall–Kier alpha value is -0.740. The molecule has 0 unspecified atom stereocenters. The summed E-state index contributed by atoms with van der Waals surface area (Å²) in [6.45, 7) is 6.98. The molecule has 0 aromatic heterocycles. The first-order chi connectivity index (χ1) is 17.3. The zero-order valence-electron chi connectivity index (χ0n) is 22.8. The van der Waals surface area contributed by atoms with Gasteiger partial charge in [-0.2, -0.15) is 8.42 Å². The molecule has 0 aromatic carbocycles. The lowest BCUT2D eigenvalue weighted by molar-refractivity contribution is -0.231. The Morgan fingerprint density at radius 3 is 2.49 bits per heavy atom. The molecule has 0 radical (unpaired) electrons. The molecule has 4 fully saturated rings. The zero-order chi connectivity index (χ0) is 27.2. The van der Waals surface area contributed by atoms with Crippen molar-refractivity contribution < 1.29 is 33.1 Å². The van der Waals surface area contributed by atoms with Gasteiger partial charge in [0.25, 0.3) is 10.1 Å². The van der Waals surface area contributed by atoms with Gasteiger partial charge in [-0.25, -0.2) is 0 Å². The molecule has 11 atom stereocenters. The number of hydrogen-bond donors (Lipinski definition) is 5. The van der Waals surface area contributed by atoms with Crippen LogP contribution in [0.25, 0.3) is 0 Å². The highest BCUT2D eigenvalue weighted by Crippen LogP contribution is 2.67. The van der Waals surface area contributed by atoms with Crippen LogP contribution in [0.3, 0.4) is 0 Å². The van der Waals surface area contributed by atoms with Crippen molar-refractivity contribution >= 4 is 16.0 Å². The second kappa shape index (κ2) is 11.0. The van der Waals surface area contributed by atoms with E-state index in [9.17, 15) is 28.5 Å². The Labute approximate surface area is 222 Å². The highest BCUT2D eigenvalue weighted by molar-refractivity contribution is 7.85. The Morgan fingerprint density at radius 2 is 1.78 bits per heavy atom. The summed E-state index contributed by atoms with van der Waals surface area (Å²) in [6, 6.07) is 0. The molecule has 0 aromatic rings. The maximum atomic E-state index is 12.4. The largest absolute Gasteiger partial charge is 0.393 e. The van der Waals surface area contributed by atoms with Gasteiger partial charge < -0.3 is 20.6 Å². The summed E-state index contributed by atoms with van der Waals surface area (Å²) in [5, 5.41) is 36.3. The lowest BCUT2D eigenvalue weighted by atomic mass is 9.39. The van der Waals surface area contributed by atoms with Gasteiger partial charge in [-0.1, -0.05) is 27.2 Å². The van der Waals surface area contributed by atoms with E-state index in [-0.39, 0.29) is 71.1 Å². The molecule has 8 nitrogen and oxygen atoms in total. The Balaban J connectivity index is 1.43. The molecule has 1 amide bonds. The van der Waals surface area contributed by atoms with Crippen LogP contribution in [0.2, 0.25) is 0 Å². The third-order valence-corrected chi connectivity index (χ3v) is 12.3. The summed E-state index contributed by atoms with van der Waals surface area (Å²) in [4.78, 5) is 12.4. The van der Waals surface area contributed by atoms with Crippen molar-refractivity contribution in [3.05, 3.63) is 0 Å². The quantitative estimate of drug-likeness (QED) is 0.234. The van der Waals surface area contributed by atoms with Gasteiger partial charge in [0.05, 0.1) is 24.1 Å². The van der Waals surface area contributed by atoms with Crippen LogP contribution in [0, 0.1) is 46.3 Å². The molecule has 4 rings (SSSR count). The predicted molar refractivity (Wildman–Crippen MR) is 141 cm³/mol. The zero-order valence-corrected chi connectivity index (χ0v) is 23.6. The summed E-state index contributed by atoms with van der Waals surface area (Å²) >= 11 is 0. The second-order valence-electron chi connectivity index (χ2n) is 13.4. The first-order valence-corrected chi connectivity index (χ1v) is 16.1. The van der Waals surface area contributed by atoms with E-state index < -0.39 is 22.3 Å². The van der Waals surface area contributed by atoms with E-state index in [1.807, 2.05) is 0 Å². The van der Waals surface area contributed by atoms with E-state index >= 15 is 0 Å². The van der Waals surface area contributed by atoms with Gasteiger partial charge in [0, 0.05) is 13.0 Å². The number of amides is 1. The smallest absolute Gasteiger partial charge is 0.264 e. The van der Waals surface area contributed by atoms with Crippen LogP contribution in [0.1, 0.15) is 91.4 Å². The Kier molecular flexibility index (Phi) is 8.72. The number of fused-ring (bicyclic) bond motifs is 5. The van der Waals surface area contributed by atoms with Crippen LogP contribution in [-0.4, -0.2) is 64.8 Å². The normalized spacial score (nSPS) is 44.7. The first-order valence-electron chi connectivity index (χ1n) is 14.5. The number of rotatable bonds is 8. The summed E-state index contributed by atoms with van der Waals surface area (Å²) in [6.07, 6.45) is 7.17. The van der Waals surface area contributed by atoms with E-state index in [4.69, 9.17) is 4.55 Å². The van der Waals surface area contributed by atoms with Gasteiger partial charge in [0.2, 0.25) is 5.91 Å². The fourth-order valence-electron chi connectivity index (χ4n) is 9.46. The van der Waals surface area contributed by atoms with Crippen LogP contribution in [0.4, 0.5) is 0 Å². The van der Waals surface area contributed by atoms with Crippen molar-refractivity contribution in [1.82, 2.24) is 5.32 Å². The fraction of sp³-hybridized carbons (Fsp3) is 0.964. The van der Waals surface area contributed by atoms with Crippen molar-refractivity contribution in [2.75, 3.05) is 12.3 Å². The van der Waals surface area contributed by atoms with Crippen LogP contribution in [0.5, 0.6) is 0 Å². The summed E-state index contributed by atoms with van der Waals surface area (Å²) < 4.78 is 30.5. The standard InChI is InChI=1S/C28H49NO7S/c1-17(8-9-25(33)29-12-5-13-37(34,35)36)20-6-4-7-21-26-22(16-24(32)28(20,21)3)27(2)11-10-19(30)14-18(27)15-23(26)31/h17-24,26,30-32H,4-16H2,1-3H3,(H,29,33)(H,34,35,36)/t17-,18+,19-,20-,21+,22+,23-,24+,26+,27+,28-/m1/s1. The molecule has 4 aliphatic rings. The van der Waals surface area contributed by atoms with E-state index in [1.54, 1.807) is 0 Å². The van der Waals surface area contributed by atoms with Gasteiger partial charge in [-0.15, -0.1) is 0 Å². The first kappa shape index (κ1) is 29.2. The van der Waals surface area contributed by atoms with Gasteiger partial charge in [-0.05, 0) is 104 Å². The molecule has 4 aliphatic carbocycles. The van der Waals surface area contributed by atoms with E-state index in [2.05, 4.69) is 26.1 Å². The minimum Gasteiger partial charge on any atom is -0.393 e. The fourth-order valence-corrected chi connectivity index (χ4v) is 9.97. The lowest BCUT2D eigenvalue weighted by Crippen LogP contribution is -2.65. The van der Waals surface area contributed by atoms with Crippen LogP contribution in [0.15, 0.2) is 0 Å². The van der Waals surface area contributed by atoms with Crippen LogP contribution >= 0.6 is 0 Å². The molecular weight excluding hydrogens is 494 g/mol. The maximum absolute atomic E-state index is 12.4. The molecular formula is C28H49NO7S. The SMILES string of the molecule is C[C@H](CCC(=O)NCCCS(=O)(=O)O)[C@H]1CCC[C@H]2[C@@H]3[C@H](O)C[C@@H]4C[C@H](O)CC[C@]4(C)[C@H]3C[C@H](O)[C@]12C. The van der Waals surface area contributed by atoms with Gasteiger partial charge in [-0.3, -0.25) is 9.35 Å². The predicted octanol–water partition coefficient (Wildman–Crippen LogP) is 3.15. The lowest BCUT2D eigenvalue weighted by Gasteiger charge is -2.66. The molecule has 0 saturated heterocycles. The topological polar surface area (TPSA) is 144 Å². The average molecular weight is 544 g/mol. The number of carbonyl (C=O) groups excluding carboxylic acids is 1. The molecule has 9 heteroatoms. The number of hydrogen-bond acceptors (Lipinski definition) is 6. The van der Waals surface area contributed by atoms with Crippen molar-refractivity contribution in [2.45, 2.75) is 110 Å². The minimum atomic E-state index is -4.02. The van der Waals surface area contributed by atoms with E-state index in [0.717, 1.165) is 44.9 Å². The highest BCUT2D eigenvalue weighted by atomic mass is 32.2. The molecule has 0 heterocycles. The van der Waals surface area contributed by atoms with Crippen molar-refractivity contribution in [1.29, 1.82) is 0 Å². The summed E-state index contributed by atoms with van der Waals surface area (Å²) in [7, 11) is -4.02. The molecule has 0 bridgehead atoms. The molecule has 0 aliphatic heterocycles. The van der Waals surface area contributed by atoms with Crippen molar-refractivity contribution in [2.24, 2.45) is 46.3 Å². The summed E-state index contributed by atoms with van der Waals surface area (Å²) in [5.41, 5.74) is -0.249. The second-order valence-corrected chi connectivity index (χ2v) is 15.0. The Bertz CT molecular complexity index is 927. The van der Waals surface area contributed by atoms with Gasteiger partial charge >= 0.3 is 0 Å². The van der Waals surface area contributed by atoms with E-state index in [1.165, 1.54) is 0 Å². The number of carbonyl (C=O) groups is 1. The number of aliphatic hydroxyl groups excluding tert-OH is 3. The van der Waals surface area contributed by atoms with Gasteiger partial charge in [0.15, 0.2) is 0 Å². The third kappa shape index (κ3) is 5.76. The average Bonchev–Trinajstić information content (AvgIpc) is 2.81. The number of aliphatic hydroxyl groups is 3. The van der Waals surface area contributed by atoms with Crippen LogP contribution < -0.4 is 5.32 Å². The molecule has 37 heavy (non-hydrogen) atoms. The summed E-state index contributed by atoms with van der Waals surface area (Å²) in [5.74, 6) is 1.00.